The molecule has 2 N–H and O–H groups in total. The van der Waals surface area contributed by atoms with Crippen molar-refractivity contribution < 1.29 is 23.9 Å². The summed E-state index contributed by atoms with van der Waals surface area (Å²) in [5.41, 5.74) is 7.82. The minimum absolute atomic E-state index is 0. The molecule has 10 heteroatoms. The molecule has 58 heavy (non-hydrogen) atoms. The molecule has 2 aliphatic heterocycles. The Bertz CT molecular complexity index is 1230. The number of amides is 1. The SMILES string of the molecule is CCCCCCCCCCCCCCCCOC(=O)C1=C(C)N=C(C)C(C(=O)OCCCCCCCCCCCCCCCC)C1C1=CN(CC(N)=O)CC=C1.I.I. The number of ether oxygens (including phenoxy) is 2. The maximum absolute atomic E-state index is 13.8. The molecule has 0 aromatic rings. The fourth-order valence-electron chi connectivity index (χ4n) is 8.19. The number of carbonyl (C=O) groups is 3. The van der Waals surface area contributed by atoms with E-state index < -0.39 is 23.7 Å². The second kappa shape index (κ2) is 37.3. The minimum atomic E-state index is -0.765. The Morgan fingerprint density at radius 3 is 1.45 bits per heavy atom. The Morgan fingerprint density at radius 1 is 0.638 bits per heavy atom. The molecule has 2 heterocycles. The number of nitrogens with zero attached hydrogens (tertiary/aromatic N) is 2. The topological polar surface area (TPSA) is 111 Å². The molecular weight excluding hydrogens is 952 g/mol. The second-order valence-electron chi connectivity index (χ2n) is 16.6. The number of hydrogen-bond acceptors (Lipinski definition) is 7. The maximum Gasteiger partial charge on any atom is 0.336 e. The molecule has 0 aromatic heterocycles. The molecule has 0 saturated heterocycles. The Labute approximate surface area is 389 Å². The van der Waals surface area contributed by atoms with E-state index in [4.69, 9.17) is 20.2 Å². The van der Waals surface area contributed by atoms with Crippen LogP contribution in [0.3, 0.4) is 0 Å². The van der Waals surface area contributed by atoms with E-state index >= 15 is 0 Å². The van der Waals surface area contributed by atoms with E-state index in [1.54, 1.807) is 0 Å². The number of primary amides is 1. The molecule has 336 valence electrons. The van der Waals surface area contributed by atoms with E-state index in [-0.39, 0.29) is 60.5 Å². The van der Waals surface area contributed by atoms with Gasteiger partial charge in [0.05, 0.1) is 25.3 Å². The number of nitrogens with two attached hydrogens (primary N) is 1. The first-order valence-electron chi connectivity index (χ1n) is 23.3. The zero-order valence-electron chi connectivity index (χ0n) is 37.3. The Balaban J connectivity index is 0.0000162. The van der Waals surface area contributed by atoms with E-state index in [1.165, 1.54) is 141 Å². The van der Waals surface area contributed by atoms with Crippen LogP contribution in [0.2, 0.25) is 0 Å². The van der Waals surface area contributed by atoms with Crippen LogP contribution in [0.1, 0.15) is 207 Å². The van der Waals surface area contributed by atoms with Crippen LogP contribution in [0.5, 0.6) is 0 Å². The van der Waals surface area contributed by atoms with Gasteiger partial charge in [-0.1, -0.05) is 193 Å². The average molecular weight is 1040 g/mol. The minimum Gasteiger partial charge on any atom is -0.465 e. The lowest BCUT2D eigenvalue weighted by Crippen LogP contribution is -2.40. The summed E-state index contributed by atoms with van der Waals surface area (Å²) in [4.78, 5) is 45.9. The third-order valence-electron chi connectivity index (χ3n) is 11.5. The molecule has 0 fully saturated rings. The van der Waals surface area contributed by atoms with Crippen LogP contribution in [0.15, 0.2) is 40.2 Å². The van der Waals surface area contributed by atoms with E-state index in [2.05, 4.69) is 13.8 Å². The quantitative estimate of drug-likeness (QED) is 0.0384. The molecule has 0 saturated carbocycles. The van der Waals surface area contributed by atoms with E-state index in [1.807, 2.05) is 37.1 Å². The second-order valence-corrected chi connectivity index (χ2v) is 16.6. The van der Waals surface area contributed by atoms with Gasteiger partial charge in [0.15, 0.2) is 0 Å². The number of rotatable bonds is 35. The van der Waals surface area contributed by atoms with Gasteiger partial charge in [-0.15, -0.1) is 48.0 Å². The molecule has 0 bridgehead atoms. The third-order valence-corrected chi connectivity index (χ3v) is 11.5. The summed E-state index contributed by atoms with van der Waals surface area (Å²) in [6.07, 6.45) is 41.1. The molecular formula is C48H85I2N3O5. The van der Waals surface area contributed by atoms with Crippen molar-refractivity contribution in [1.82, 2.24) is 4.90 Å². The predicted molar refractivity (Wildman–Crippen MR) is 264 cm³/mol. The van der Waals surface area contributed by atoms with Crippen LogP contribution >= 0.6 is 48.0 Å². The van der Waals surface area contributed by atoms with Gasteiger partial charge >= 0.3 is 11.9 Å². The normalized spacial score (nSPS) is 16.3. The smallest absolute Gasteiger partial charge is 0.336 e. The summed E-state index contributed by atoms with van der Waals surface area (Å²) in [6.45, 7) is 9.42. The monoisotopic (exact) mass is 1040 g/mol. The van der Waals surface area contributed by atoms with E-state index in [9.17, 15) is 14.4 Å². The van der Waals surface area contributed by atoms with Crippen molar-refractivity contribution in [2.24, 2.45) is 22.6 Å². The van der Waals surface area contributed by atoms with Crippen molar-refractivity contribution >= 4 is 71.5 Å². The Hall–Kier alpha value is -1.44. The molecule has 0 aliphatic carbocycles. The van der Waals surface area contributed by atoms with Gasteiger partial charge in [0.2, 0.25) is 5.91 Å². The molecule has 8 nitrogen and oxygen atoms in total. The van der Waals surface area contributed by atoms with Crippen LogP contribution in [0, 0.1) is 11.8 Å². The highest BCUT2D eigenvalue weighted by Crippen LogP contribution is 2.39. The summed E-state index contributed by atoms with van der Waals surface area (Å²) in [7, 11) is 0. The average Bonchev–Trinajstić information content (AvgIpc) is 3.17. The Morgan fingerprint density at radius 2 is 1.03 bits per heavy atom. The zero-order valence-corrected chi connectivity index (χ0v) is 42.0. The van der Waals surface area contributed by atoms with Gasteiger partial charge in [0, 0.05) is 30.1 Å². The number of allylic oxidation sites excluding steroid dienone is 3. The van der Waals surface area contributed by atoms with Crippen LogP contribution in [-0.2, 0) is 23.9 Å². The van der Waals surface area contributed by atoms with Crippen molar-refractivity contribution in [1.29, 1.82) is 0 Å². The van der Waals surface area contributed by atoms with Gasteiger partial charge in [0.1, 0.15) is 5.92 Å². The standard InChI is InChI=1S/C48H83N3O5.2HI/c1-5-7-9-11-13-15-17-19-21-23-25-27-29-31-36-55-47(53)44-40(3)50-41(4)45(46(44)42-34-33-35-51(38-42)39-43(49)52)48(54)56-37-32-30-28-26-24-22-20-18-16-14-12-10-8-6-2;;/h33-34,38,44,46H,5-32,35-37,39H2,1-4H3,(H2,49,52);2*1H. The van der Waals surface area contributed by atoms with Crippen molar-refractivity contribution in [2.75, 3.05) is 26.3 Å². The zero-order chi connectivity index (χ0) is 40.6. The largest absolute Gasteiger partial charge is 0.465 e. The van der Waals surface area contributed by atoms with E-state index in [0.717, 1.165) is 44.1 Å². The van der Waals surface area contributed by atoms with Gasteiger partial charge in [-0.2, -0.15) is 0 Å². The van der Waals surface area contributed by atoms with Crippen molar-refractivity contribution in [3.63, 3.8) is 0 Å². The molecule has 0 radical (unpaired) electrons. The number of esters is 2. The van der Waals surface area contributed by atoms with Gasteiger partial charge in [0.25, 0.3) is 0 Å². The lowest BCUT2D eigenvalue weighted by Gasteiger charge is -2.34. The summed E-state index contributed by atoms with van der Waals surface area (Å²) < 4.78 is 11.8. The molecule has 0 aromatic carbocycles. The summed E-state index contributed by atoms with van der Waals surface area (Å²) in [5, 5.41) is 0. The first kappa shape index (κ1) is 56.6. The van der Waals surface area contributed by atoms with Crippen molar-refractivity contribution in [2.45, 2.75) is 207 Å². The van der Waals surface area contributed by atoms with Crippen molar-refractivity contribution in [3.8, 4) is 0 Å². The molecule has 2 rings (SSSR count). The summed E-state index contributed by atoms with van der Waals surface area (Å²) in [6, 6.07) is 0. The third kappa shape index (κ3) is 25.4. The summed E-state index contributed by atoms with van der Waals surface area (Å²) in [5.74, 6) is -2.66. The van der Waals surface area contributed by atoms with Crippen LogP contribution in [0.4, 0.5) is 0 Å². The molecule has 2 atom stereocenters. The molecule has 0 spiro atoms. The highest BCUT2D eigenvalue weighted by Gasteiger charge is 2.43. The first-order valence-corrected chi connectivity index (χ1v) is 23.3. The number of halogens is 2. The summed E-state index contributed by atoms with van der Waals surface area (Å²) >= 11 is 0. The van der Waals surface area contributed by atoms with Crippen LogP contribution in [0.25, 0.3) is 0 Å². The number of aliphatic imine (C=N–C) groups is 1. The fourth-order valence-corrected chi connectivity index (χ4v) is 8.19. The molecule has 1 amide bonds. The van der Waals surface area contributed by atoms with Gasteiger partial charge in [-0.3, -0.25) is 14.6 Å². The predicted octanol–water partition coefficient (Wildman–Crippen LogP) is 13.5. The molecule has 2 aliphatic rings. The van der Waals surface area contributed by atoms with Gasteiger partial charge < -0.3 is 20.1 Å². The Kier molecular flexibility index (Phi) is 36.4. The van der Waals surface area contributed by atoms with Gasteiger partial charge in [-0.05, 0) is 32.3 Å². The lowest BCUT2D eigenvalue weighted by atomic mass is 9.75. The van der Waals surface area contributed by atoms with Crippen molar-refractivity contribution in [3.05, 3.63) is 35.2 Å². The van der Waals surface area contributed by atoms with E-state index in [0.29, 0.717) is 36.7 Å². The lowest BCUT2D eigenvalue weighted by molar-refractivity contribution is -0.147. The number of hydrogen-bond donors (Lipinski definition) is 1. The maximum atomic E-state index is 13.8. The number of carbonyl (C=O) groups excluding carboxylic acids is 3. The van der Waals surface area contributed by atoms with Gasteiger partial charge in [-0.25, -0.2) is 4.79 Å². The fraction of sp³-hybridized carbons (Fsp3) is 0.792. The first-order chi connectivity index (χ1) is 27.3. The van der Waals surface area contributed by atoms with Crippen LogP contribution < -0.4 is 5.73 Å². The highest BCUT2D eigenvalue weighted by molar-refractivity contribution is 14.0. The highest BCUT2D eigenvalue weighted by atomic mass is 127. The molecule has 2 unspecified atom stereocenters. The van der Waals surface area contributed by atoms with Crippen LogP contribution in [-0.4, -0.2) is 54.8 Å². The number of unbranched alkanes of at least 4 members (excludes halogenated alkanes) is 26.